The molecule has 7 nitrogen and oxygen atoms in total. The molecule has 25 heavy (non-hydrogen) atoms. The number of aliphatic imine (C=N–C) groups is 1. The number of morpholine rings is 2. The Morgan fingerprint density at radius 3 is 2.00 bits per heavy atom. The fraction of sp³-hybridized carbons (Fsp3) is 0.444. The highest BCUT2D eigenvalue weighted by molar-refractivity contribution is 6.11. The van der Waals surface area contributed by atoms with E-state index in [-0.39, 0.29) is 0 Å². The van der Waals surface area contributed by atoms with E-state index >= 15 is 0 Å². The number of carbonyl (C=O) groups excluding carboxylic acids is 1. The molecule has 1 aromatic carbocycles. The number of ether oxygens (including phenoxy) is 3. The van der Waals surface area contributed by atoms with Crippen molar-refractivity contribution in [1.82, 2.24) is 9.80 Å². The van der Waals surface area contributed by atoms with Crippen LogP contribution in [-0.2, 0) is 19.0 Å². The molecule has 2 fully saturated rings. The Hall–Kier alpha value is -2.38. The van der Waals surface area contributed by atoms with Crippen molar-refractivity contribution in [2.75, 3.05) is 52.6 Å². The predicted octanol–water partition coefficient (Wildman–Crippen LogP) is 0.823. The van der Waals surface area contributed by atoms with Gasteiger partial charge in [-0.3, -0.25) is 0 Å². The smallest absolute Gasteiger partial charge is 0.367 e. The Morgan fingerprint density at radius 1 is 0.880 bits per heavy atom. The van der Waals surface area contributed by atoms with E-state index < -0.39 is 5.97 Å². The van der Waals surface area contributed by atoms with E-state index in [4.69, 9.17) is 14.2 Å². The van der Waals surface area contributed by atoms with Crippen molar-refractivity contribution >= 4 is 11.9 Å². The number of esters is 1. The first-order valence-electron chi connectivity index (χ1n) is 8.59. The SMILES string of the molecule is O=C1OC(c2ccccc2)=NC1=C(N1CCOCC1)N1CCOCC1. The van der Waals surface area contributed by atoms with Gasteiger partial charge in [-0.05, 0) is 12.1 Å². The Morgan fingerprint density at radius 2 is 1.44 bits per heavy atom. The molecule has 7 heteroatoms. The summed E-state index contributed by atoms with van der Waals surface area (Å²) in [4.78, 5) is 21.5. The number of hydrogen-bond donors (Lipinski definition) is 0. The second-order valence-corrected chi connectivity index (χ2v) is 6.04. The molecule has 0 aromatic heterocycles. The molecule has 1 aromatic rings. The van der Waals surface area contributed by atoms with Crippen LogP contribution in [0.3, 0.4) is 0 Å². The van der Waals surface area contributed by atoms with Crippen molar-refractivity contribution in [1.29, 1.82) is 0 Å². The van der Waals surface area contributed by atoms with Crippen LogP contribution in [0.15, 0.2) is 46.8 Å². The fourth-order valence-corrected chi connectivity index (χ4v) is 3.20. The van der Waals surface area contributed by atoms with Gasteiger partial charge in [0.2, 0.25) is 5.90 Å². The van der Waals surface area contributed by atoms with Crippen LogP contribution in [0.5, 0.6) is 0 Å². The maximum Gasteiger partial charge on any atom is 0.367 e. The van der Waals surface area contributed by atoms with Gasteiger partial charge in [0.15, 0.2) is 5.70 Å². The first kappa shape index (κ1) is 16.1. The molecule has 3 aliphatic heterocycles. The van der Waals surface area contributed by atoms with Gasteiger partial charge in [-0.2, -0.15) is 0 Å². The van der Waals surface area contributed by atoms with Crippen molar-refractivity contribution < 1.29 is 19.0 Å². The molecular weight excluding hydrogens is 322 g/mol. The van der Waals surface area contributed by atoms with Crippen molar-refractivity contribution in [2.45, 2.75) is 0 Å². The molecule has 2 saturated heterocycles. The molecule has 0 aliphatic carbocycles. The highest BCUT2D eigenvalue weighted by Gasteiger charge is 2.33. The van der Waals surface area contributed by atoms with E-state index in [2.05, 4.69) is 14.8 Å². The molecule has 3 aliphatic rings. The summed E-state index contributed by atoms with van der Waals surface area (Å²) >= 11 is 0. The van der Waals surface area contributed by atoms with E-state index in [0.29, 0.717) is 38.0 Å². The number of hydrogen-bond acceptors (Lipinski definition) is 7. The lowest BCUT2D eigenvalue weighted by Gasteiger charge is -2.39. The molecule has 4 rings (SSSR count). The minimum Gasteiger partial charge on any atom is -0.402 e. The van der Waals surface area contributed by atoms with Crippen LogP contribution < -0.4 is 0 Å². The van der Waals surface area contributed by atoms with E-state index in [9.17, 15) is 4.79 Å². The Labute approximate surface area is 146 Å². The lowest BCUT2D eigenvalue weighted by Crippen LogP contribution is -2.46. The van der Waals surface area contributed by atoms with Gasteiger partial charge in [0.25, 0.3) is 0 Å². The lowest BCUT2D eigenvalue weighted by atomic mass is 10.2. The Balaban J connectivity index is 1.72. The van der Waals surface area contributed by atoms with Gasteiger partial charge in [0.1, 0.15) is 5.82 Å². The van der Waals surface area contributed by atoms with Crippen LogP contribution in [0.1, 0.15) is 5.56 Å². The van der Waals surface area contributed by atoms with Crippen LogP contribution in [0.25, 0.3) is 0 Å². The van der Waals surface area contributed by atoms with E-state index in [0.717, 1.165) is 37.6 Å². The number of benzene rings is 1. The summed E-state index contributed by atoms with van der Waals surface area (Å²) in [5.41, 5.74) is 1.18. The minimum atomic E-state index is -0.396. The molecule has 132 valence electrons. The number of carbonyl (C=O) groups is 1. The average Bonchev–Trinajstić information content (AvgIpc) is 3.06. The quantitative estimate of drug-likeness (QED) is 0.598. The van der Waals surface area contributed by atoms with Gasteiger partial charge in [0, 0.05) is 31.7 Å². The Kier molecular flexibility index (Phi) is 4.67. The third kappa shape index (κ3) is 3.38. The van der Waals surface area contributed by atoms with Gasteiger partial charge in [-0.1, -0.05) is 18.2 Å². The topological polar surface area (TPSA) is 63.6 Å². The third-order valence-corrected chi connectivity index (χ3v) is 4.45. The zero-order chi connectivity index (χ0) is 17.1. The highest BCUT2D eigenvalue weighted by atomic mass is 16.6. The summed E-state index contributed by atoms with van der Waals surface area (Å²) in [5, 5.41) is 0. The maximum absolute atomic E-state index is 12.6. The van der Waals surface area contributed by atoms with Gasteiger partial charge < -0.3 is 24.0 Å². The second kappa shape index (κ2) is 7.25. The summed E-state index contributed by atoms with van der Waals surface area (Å²) in [6.45, 7) is 5.52. The number of rotatable bonds is 3. The summed E-state index contributed by atoms with van der Waals surface area (Å²) in [6.07, 6.45) is 0. The third-order valence-electron chi connectivity index (χ3n) is 4.45. The summed E-state index contributed by atoms with van der Waals surface area (Å²) < 4.78 is 16.4. The van der Waals surface area contributed by atoms with Gasteiger partial charge in [0.05, 0.1) is 26.4 Å². The minimum absolute atomic E-state index is 0.361. The monoisotopic (exact) mass is 343 g/mol. The molecule has 0 N–H and O–H groups in total. The lowest BCUT2D eigenvalue weighted by molar-refractivity contribution is -0.130. The largest absolute Gasteiger partial charge is 0.402 e. The molecule has 0 amide bonds. The van der Waals surface area contributed by atoms with Crippen LogP contribution in [0.2, 0.25) is 0 Å². The summed E-state index contributed by atoms with van der Waals surface area (Å²) in [5.74, 6) is 0.800. The standard InChI is InChI=1S/C18H21N3O4/c22-18-15(19-16(25-18)14-4-2-1-3-5-14)17(20-6-10-23-11-7-20)21-8-12-24-13-9-21/h1-5H,6-13H2. The van der Waals surface area contributed by atoms with Crippen LogP contribution >= 0.6 is 0 Å². The van der Waals surface area contributed by atoms with Crippen molar-refractivity contribution in [3.63, 3.8) is 0 Å². The van der Waals surface area contributed by atoms with E-state index in [1.807, 2.05) is 30.3 Å². The number of nitrogens with zero attached hydrogens (tertiary/aromatic N) is 3. The zero-order valence-corrected chi connectivity index (χ0v) is 14.0. The highest BCUT2D eigenvalue weighted by Crippen LogP contribution is 2.25. The molecule has 0 spiro atoms. The van der Waals surface area contributed by atoms with Gasteiger partial charge >= 0.3 is 5.97 Å². The van der Waals surface area contributed by atoms with Crippen LogP contribution in [0, 0.1) is 0 Å². The predicted molar refractivity (Wildman–Crippen MR) is 90.9 cm³/mol. The summed E-state index contributed by atoms with van der Waals surface area (Å²) in [6, 6.07) is 9.50. The van der Waals surface area contributed by atoms with Gasteiger partial charge in [-0.15, -0.1) is 0 Å². The maximum atomic E-state index is 12.6. The van der Waals surface area contributed by atoms with Gasteiger partial charge in [-0.25, -0.2) is 9.79 Å². The van der Waals surface area contributed by atoms with E-state index in [1.54, 1.807) is 0 Å². The number of cyclic esters (lactones) is 1. The van der Waals surface area contributed by atoms with Crippen molar-refractivity contribution in [2.24, 2.45) is 4.99 Å². The molecule has 0 saturated carbocycles. The van der Waals surface area contributed by atoms with Crippen LogP contribution in [0.4, 0.5) is 0 Å². The fourth-order valence-electron chi connectivity index (χ4n) is 3.20. The van der Waals surface area contributed by atoms with Crippen molar-refractivity contribution in [3.8, 4) is 0 Å². The first-order valence-corrected chi connectivity index (χ1v) is 8.59. The van der Waals surface area contributed by atoms with E-state index in [1.165, 1.54) is 0 Å². The molecule has 3 heterocycles. The summed E-state index contributed by atoms with van der Waals surface area (Å²) in [7, 11) is 0. The Bertz CT molecular complexity index is 670. The molecule has 0 radical (unpaired) electrons. The first-order chi connectivity index (χ1) is 12.3. The zero-order valence-electron chi connectivity index (χ0n) is 14.0. The normalized spacial score (nSPS) is 21.2. The van der Waals surface area contributed by atoms with Crippen molar-refractivity contribution in [3.05, 3.63) is 47.4 Å². The average molecular weight is 343 g/mol. The molecule has 0 atom stereocenters. The van der Waals surface area contributed by atoms with Crippen LogP contribution in [-0.4, -0.2) is 74.3 Å². The molecule has 0 bridgehead atoms. The second-order valence-electron chi connectivity index (χ2n) is 6.04. The molecule has 0 unspecified atom stereocenters. The molecular formula is C18H21N3O4.